The fourth-order valence-corrected chi connectivity index (χ4v) is 1.36. The van der Waals surface area contributed by atoms with Crippen LogP contribution >= 0.6 is 11.6 Å². The van der Waals surface area contributed by atoms with E-state index in [1.54, 1.807) is 18.2 Å². The number of methoxy groups -OCH3 is 1. The van der Waals surface area contributed by atoms with E-state index in [0.717, 1.165) is 5.56 Å². The molecule has 1 atom stereocenters. The van der Waals surface area contributed by atoms with Gasteiger partial charge in [-0.2, -0.15) is 0 Å². The molecule has 76 valence electrons. The van der Waals surface area contributed by atoms with Gasteiger partial charge in [-0.25, -0.2) is 4.79 Å². The molecule has 0 unspecified atom stereocenters. The van der Waals surface area contributed by atoms with Crippen LogP contribution in [0.5, 0.6) is 0 Å². The van der Waals surface area contributed by atoms with Gasteiger partial charge >= 0.3 is 5.97 Å². The molecule has 1 aromatic carbocycles. The van der Waals surface area contributed by atoms with Gasteiger partial charge in [0.15, 0.2) is 0 Å². The Bertz CT molecular complexity index is 350. The first-order valence-corrected chi connectivity index (χ1v) is 4.57. The maximum atomic E-state index is 11.2. The summed E-state index contributed by atoms with van der Waals surface area (Å²) in [6.07, 6.45) is 0. The highest BCUT2D eigenvalue weighted by Gasteiger charge is 2.11. The van der Waals surface area contributed by atoms with Crippen molar-refractivity contribution in [1.29, 1.82) is 0 Å². The number of esters is 1. The summed E-state index contributed by atoms with van der Waals surface area (Å²) in [5, 5.41) is 0.367. The maximum Gasteiger partial charge on any atom is 0.339 e. The zero-order valence-electron chi connectivity index (χ0n) is 8.08. The summed E-state index contributed by atoms with van der Waals surface area (Å²) in [6, 6.07) is 4.97. The number of nitrogens with two attached hydrogens (primary N) is 1. The summed E-state index contributed by atoms with van der Waals surface area (Å²) in [6.45, 7) is 1.85. The Labute approximate surface area is 87.8 Å². The zero-order chi connectivity index (χ0) is 10.7. The molecule has 0 aliphatic carbocycles. The molecular formula is C10H12ClNO2. The van der Waals surface area contributed by atoms with Crippen LogP contribution < -0.4 is 5.73 Å². The Morgan fingerprint density at radius 1 is 1.57 bits per heavy atom. The summed E-state index contributed by atoms with van der Waals surface area (Å²) in [4.78, 5) is 11.2. The van der Waals surface area contributed by atoms with E-state index in [9.17, 15) is 4.79 Å². The highest BCUT2D eigenvalue weighted by molar-refractivity contribution is 6.33. The number of hydrogen-bond acceptors (Lipinski definition) is 3. The minimum absolute atomic E-state index is 0.0980. The molecule has 0 aliphatic rings. The van der Waals surface area contributed by atoms with Crippen LogP contribution in [0.15, 0.2) is 18.2 Å². The Hall–Kier alpha value is -1.06. The number of rotatable bonds is 2. The second-order valence-electron chi connectivity index (χ2n) is 3.02. The van der Waals surface area contributed by atoms with Crippen LogP contribution in [-0.4, -0.2) is 13.1 Å². The van der Waals surface area contributed by atoms with Gasteiger partial charge in [-0.15, -0.1) is 0 Å². The topological polar surface area (TPSA) is 52.3 Å². The monoisotopic (exact) mass is 213 g/mol. The molecule has 0 saturated heterocycles. The first kappa shape index (κ1) is 11.0. The summed E-state index contributed by atoms with van der Waals surface area (Å²) in [7, 11) is 1.32. The van der Waals surface area contributed by atoms with Gasteiger partial charge in [-0.3, -0.25) is 0 Å². The lowest BCUT2D eigenvalue weighted by atomic mass is 10.1. The van der Waals surface area contributed by atoms with Crippen LogP contribution in [0.3, 0.4) is 0 Å². The van der Waals surface area contributed by atoms with E-state index >= 15 is 0 Å². The molecule has 0 spiro atoms. The molecule has 0 heterocycles. The number of halogens is 1. The van der Waals surface area contributed by atoms with Crippen molar-refractivity contribution in [1.82, 2.24) is 0 Å². The normalized spacial score (nSPS) is 12.3. The maximum absolute atomic E-state index is 11.2. The van der Waals surface area contributed by atoms with Crippen LogP contribution in [0.25, 0.3) is 0 Å². The van der Waals surface area contributed by atoms with Crippen molar-refractivity contribution in [3.8, 4) is 0 Å². The SMILES string of the molecule is COC(=O)c1ccc([C@@H](C)N)cc1Cl. The van der Waals surface area contributed by atoms with E-state index in [2.05, 4.69) is 4.74 Å². The van der Waals surface area contributed by atoms with Crippen molar-refractivity contribution in [2.75, 3.05) is 7.11 Å². The third-order valence-electron chi connectivity index (χ3n) is 1.92. The highest BCUT2D eigenvalue weighted by Crippen LogP contribution is 2.21. The quantitative estimate of drug-likeness (QED) is 0.766. The zero-order valence-corrected chi connectivity index (χ0v) is 8.84. The van der Waals surface area contributed by atoms with Gasteiger partial charge in [0.25, 0.3) is 0 Å². The van der Waals surface area contributed by atoms with Crippen molar-refractivity contribution in [2.45, 2.75) is 13.0 Å². The fraction of sp³-hybridized carbons (Fsp3) is 0.300. The van der Waals surface area contributed by atoms with E-state index in [1.807, 2.05) is 6.92 Å². The molecule has 0 amide bonds. The lowest BCUT2D eigenvalue weighted by Crippen LogP contribution is -2.07. The number of carbonyl (C=O) groups excluding carboxylic acids is 1. The van der Waals surface area contributed by atoms with Crippen molar-refractivity contribution >= 4 is 17.6 Å². The van der Waals surface area contributed by atoms with Gasteiger partial charge < -0.3 is 10.5 Å². The van der Waals surface area contributed by atoms with E-state index in [4.69, 9.17) is 17.3 Å². The molecule has 0 saturated carbocycles. The Morgan fingerprint density at radius 2 is 2.21 bits per heavy atom. The van der Waals surface area contributed by atoms with Gasteiger partial charge in [0.05, 0.1) is 17.7 Å². The predicted octanol–water partition coefficient (Wildman–Crippen LogP) is 2.15. The average molecular weight is 214 g/mol. The summed E-state index contributed by atoms with van der Waals surface area (Å²) >= 11 is 5.89. The molecule has 0 bridgehead atoms. The number of carbonyl (C=O) groups is 1. The predicted molar refractivity (Wildman–Crippen MR) is 55.4 cm³/mol. The molecule has 0 aliphatic heterocycles. The van der Waals surface area contributed by atoms with Crippen molar-refractivity contribution < 1.29 is 9.53 Å². The fourth-order valence-electron chi connectivity index (χ4n) is 1.09. The molecule has 14 heavy (non-hydrogen) atoms. The molecule has 1 aromatic rings. The molecule has 0 fully saturated rings. The van der Waals surface area contributed by atoms with Crippen LogP contribution in [0.1, 0.15) is 28.9 Å². The standard InChI is InChI=1S/C10H12ClNO2/c1-6(12)7-3-4-8(9(11)5-7)10(13)14-2/h3-6H,12H2,1-2H3/t6-/m1/s1. The Kier molecular flexibility index (Phi) is 3.49. The molecule has 0 radical (unpaired) electrons. The summed E-state index contributed by atoms with van der Waals surface area (Å²) < 4.78 is 4.56. The van der Waals surface area contributed by atoms with Crippen LogP contribution in [0, 0.1) is 0 Å². The van der Waals surface area contributed by atoms with Gasteiger partial charge in [0.1, 0.15) is 0 Å². The van der Waals surface area contributed by atoms with E-state index in [-0.39, 0.29) is 6.04 Å². The van der Waals surface area contributed by atoms with Crippen LogP contribution in [0.2, 0.25) is 5.02 Å². The minimum Gasteiger partial charge on any atom is -0.465 e. The molecule has 1 rings (SSSR count). The van der Waals surface area contributed by atoms with Crippen LogP contribution in [-0.2, 0) is 4.74 Å². The second-order valence-corrected chi connectivity index (χ2v) is 3.43. The molecule has 3 nitrogen and oxygen atoms in total. The lowest BCUT2D eigenvalue weighted by Gasteiger charge is -2.08. The minimum atomic E-state index is -0.439. The van der Waals surface area contributed by atoms with E-state index in [0.29, 0.717) is 10.6 Å². The molecule has 2 N–H and O–H groups in total. The van der Waals surface area contributed by atoms with Crippen molar-refractivity contribution in [3.05, 3.63) is 34.3 Å². The van der Waals surface area contributed by atoms with Crippen LogP contribution in [0.4, 0.5) is 0 Å². The van der Waals surface area contributed by atoms with Crippen molar-refractivity contribution in [3.63, 3.8) is 0 Å². The Morgan fingerprint density at radius 3 is 2.64 bits per heavy atom. The first-order valence-electron chi connectivity index (χ1n) is 4.19. The smallest absolute Gasteiger partial charge is 0.339 e. The average Bonchev–Trinajstić information content (AvgIpc) is 2.16. The van der Waals surface area contributed by atoms with Gasteiger partial charge in [0, 0.05) is 6.04 Å². The number of benzene rings is 1. The Balaban J connectivity index is 3.07. The summed E-state index contributed by atoms with van der Waals surface area (Å²) in [5.41, 5.74) is 6.92. The lowest BCUT2D eigenvalue weighted by molar-refractivity contribution is 0.0601. The highest BCUT2D eigenvalue weighted by atomic mass is 35.5. The van der Waals surface area contributed by atoms with Crippen molar-refractivity contribution in [2.24, 2.45) is 5.73 Å². The van der Waals surface area contributed by atoms with E-state index < -0.39 is 5.97 Å². The van der Waals surface area contributed by atoms with Gasteiger partial charge in [0.2, 0.25) is 0 Å². The number of hydrogen-bond donors (Lipinski definition) is 1. The van der Waals surface area contributed by atoms with Gasteiger partial charge in [-0.05, 0) is 24.6 Å². The van der Waals surface area contributed by atoms with E-state index in [1.165, 1.54) is 7.11 Å². The third kappa shape index (κ3) is 2.25. The molecule has 4 heteroatoms. The molecule has 0 aromatic heterocycles. The summed E-state index contributed by atoms with van der Waals surface area (Å²) in [5.74, 6) is -0.439. The molecular weight excluding hydrogens is 202 g/mol. The first-order chi connectivity index (χ1) is 6.56. The second kappa shape index (κ2) is 4.44. The third-order valence-corrected chi connectivity index (χ3v) is 2.24. The number of ether oxygens (including phenoxy) is 1. The van der Waals surface area contributed by atoms with Gasteiger partial charge in [-0.1, -0.05) is 17.7 Å². The largest absolute Gasteiger partial charge is 0.465 e.